The SMILES string of the molecule is CC1C(S(=O)(=O)N2CCN(Cc3ccccc3)CC2)C(=O)N(C)C(=O)N1C. The summed E-state index contributed by atoms with van der Waals surface area (Å²) in [5.74, 6) is -0.655. The van der Waals surface area contributed by atoms with Crippen LogP contribution in [0.5, 0.6) is 0 Å². The Morgan fingerprint density at radius 3 is 2.19 bits per heavy atom. The van der Waals surface area contributed by atoms with Gasteiger partial charge in [-0.2, -0.15) is 4.31 Å². The minimum absolute atomic E-state index is 0.340. The number of hydrogen-bond acceptors (Lipinski definition) is 5. The Bertz CT molecular complexity index is 806. The molecule has 3 rings (SSSR count). The molecule has 0 bridgehead atoms. The second-order valence-corrected chi connectivity index (χ2v) is 9.21. The Morgan fingerprint density at radius 1 is 1.00 bits per heavy atom. The van der Waals surface area contributed by atoms with Gasteiger partial charge in [0.25, 0.3) is 5.91 Å². The molecule has 2 aliphatic rings. The molecule has 0 saturated carbocycles. The van der Waals surface area contributed by atoms with E-state index in [0.717, 1.165) is 11.4 Å². The summed E-state index contributed by atoms with van der Waals surface area (Å²) in [5, 5.41) is -1.26. The van der Waals surface area contributed by atoms with Gasteiger partial charge >= 0.3 is 6.03 Å². The minimum Gasteiger partial charge on any atom is -0.323 e. The number of imide groups is 1. The quantitative estimate of drug-likeness (QED) is 0.739. The van der Waals surface area contributed by atoms with Crippen molar-refractivity contribution < 1.29 is 18.0 Å². The molecule has 2 aliphatic heterocycles. The Labute approximate surface area is 160 Å². The molecule has 2 heterocycles. The van der Waals surface area contributed by atoms with E-state index in [4.69, 9.17) is 0 Å². The first-order valence-electron chi connectivity index (χ1n) is 9.03. The number of urea groups is 1. The highest BCUT2D eigenvalue weighted by molar-refractivity contribution is 7.90. The molecule has 1 aromatic rings. The van der Waals surface area contributed by atoms with E-state index in [1.54, 1.807) is 6.92 Å². The van der Waals surface area contributed by atoms with E-state index in [-0.39, 0.29) is 0 Å². The summed E-state index contributed by atoms with van der Waals surface area (Å²) in [6.07, 6.45) is 0. The summed E-state index contributed by atoms with van der Waals surface area (Å²) in [6.45, 7) is 4.27. The van der Waals surface area contributed by atoms with Crippen LogP contribution < -0.4 is 0 Å². The van der Waals surface area contributed by atoms with Crippen LogP contribution >= 0.6 is 0 Å². The highest BCUT2D eigenvalue weighted by Gasteiger charge is 2.50. The normalized spacial score (nSPS) is 25.9. The number of amides is 3. The topological polar surface area (TPSA) is 81.2 Å². The summed E-state index contributed by atoms with van der Waals surface area (Å²) in [6, 6.07) is 8.86. The molecule has 2 unspecified atom stereocenters. The fourth-order valence-electron chi connectivity index (χ4n) is 3.63. The van der Waals surface area contributed by atoms with E-state index in [2.05, 4.69) is 4.90 Å². The van der Waals surface area contributed by atoms with Gasteiger partial charge in [0.15, 0.2) is 5.25 Å². The van der Waals surface area contributed by atoms with Gasteiger partial charge in [0.1, 0.15) is 0 Å². The van der Waals surface area contributed by atoms with E-state index in [1.807, 2.05) is 30.3 Å². The van der Waals surface area contributed by atoms with Gasteiger partial charge in [0.2, 0.25) is 10.0 Å². The molecule has 2 fully saturated rings. The number of hydrogen-bond donors (Lipinski definition) is 0. The van der Waals surface area contributed by atoms with Crippen LogP contribution in [0.3, 0.4) is 0 Å². The molecule has 27 heavy (non-hydrogen) atoms. The van der Waals surface area contributed by atoms with Crippen LogP contribution in [0.4, 0.5) is 4.79 Å². The lowest BCUT2D eigenvalue weighted by Crippen LogP contribution is -2.65. The lowest BCUT2D eigenvalue weighted by Gasteiger charge is -2.42. The third-order valence-corrected chi connectivity index (χ3v) is 7.79. The zero-order chi connectivity index (χ0) is 19.8. The maximum Gasteiger partial charge on any atom is 0.326 e. The summed E-state index contributed by atoms with van der Waals surface area (Å²) >= 11 is 0. The van der Waals surface area contributed by atoms with Gasteiger partial charge in [-0.1, -0.05) is 30.3 Å². The van der Waals surface area contributed by atoms with E-state index in [9.17, 15) is 18.0 Å². The lowest BCUT2D eigenvalue weighted by atomic mass is 10.1. The Morgan fingerprint density at radius 2 is 1.59 bits per heavy atom. The van der Waals surface area contributed by atoms with E-state index >= 15 is 0 Å². The van der Waals surface area contributed by atoms with Crippen molar-refractivity contribution >= 4 is 22.0 Å². The monoisotopic (exact) mass is 394 g/mol. The number of piperazine rings is 1. The zero-order valence-corrected chi connectivity index (χ0v) is 16.7. The fourth-order valence-corrected chi connectivity index (χ4v) is 5.71. The first-order valence-corrected chi connectivity index (χ1v) is 10.5. The van der Waals surface area contributed by atoms with Crippen LogP contribution in [0.15, 0.2) is 30.3 Å². The molecule has 0 aliphatic carbocycles. The van der Waals surface area contributed by atoms with Crippen molar-refractivity contribution in [2.75, 3.05) is 40.3 Å². The number of sulfonamides is 1. The van der Waals surface area contributed by atoms with Crippen LogP contribution in [-0.2, 0) is 21.4 Å². The standard InChI is InChI=1S/C18H26N4O4S/c1-14-16(17(23)20(3)18(24)19(14)2)27(25,26)22-11-9-21(10-12-22)13-15-7-5-4-6-8-15/h4-8,14,16H,9-13H2,1-3H3. The van der Waals surface area contributed by atoms with Crippen molar-refractivity contribution in [1.82, 2.24) is 19.0 Å². The van der Waals surface area contributed by atoms with Crippen molar-refractivity contribution in [1.29, 1.82) is 0 Å². The van der Waals surface area contributed by atoms with Crippen molar-refractivity contribution in [2.24, 2.45) is 0 Å². The predicted molar refractivity (Wildman–Crippen MR) is 101 cm³/mol. The molecule has 8 nitrogen and oxygen atoms in total. The minimum atomic E-state index is -3.85. The molecule has 0 aromatic heterocycles. The largest absolute Gasteiger partial charge is 0.326 e. The van der Waals surface area contributed by atoms with Crippen molar-refractivity contribution in [3.05, 3.63) is 35.9 Å². The maximum absolute atomic E-state index is 13.1. The van der Waals surface area contributed by atoms with Crippen LogP contribution in [0.25, 0.3) is 0 Å². The second kappa shape index (κ2) is 7.57. The highest BCUT2D eigenvalue weighted by atomic mass is 32.2. The van der Waals surface area contributed by atoms with Crippen LogP contribution in [0.1, 0.15) is 12.5 Å². The van der Waals surface area contributed by atoms with Gasteiger partial charge in [-0.25, -0.2) is 13.2 Å². The Hall–Kier alpha value is -1.97. The molecule has 1 aromatic carbocycles. The predicted octanol–water partition coefficient (Wildman–Crippen LogP) is 0.415. The second-order valence-electron chi connectivity index (χ2n) is 7.16. The first kappa shape index (κ1) is 19.8. The summed E-state index contributed by atoms with van der Waals surface area (Å²) in [5.41, 5.74) is 1.19. The van der Waals surface area contributed by atoms with Gasteiger partial charge in [-0.15, -0.1) is 0 Å². The third kappa shape index (κ3) is 3.71. The van der Waals surface area contributed by atoms with Crippen molar-refractivity contribution in [3.63, 3.8) is 0 Å². The van der Waals surface area contributed by atoms with Crippen molar-refractivity contribution in [2.45, 2.75) is 24.8 Å². The van der Waals surface area contributed by atoms with Gasteiger partial charge in [-0.3, -0.25) is 14.6 Å². The number of nitrogens with zero attached hydrogens (tertiary/aromatic N) is 4. The Balaban J connectivity index is 1.69. The molecule has 2 saturated heterocycles. The lowest BCUT2D eigenvalue weighted by molar-refractivity contribution is -0.130. The first-order chi connectivity index (χ1) is 12.7. The average molecular weight is 394 g/mol. The van der Waals surface area contributed by atoms with Crippen LogP contribution in [0.2, 0.25) is 0 Å². The van der Waals surface area contributed by atoms with E-state index < -0.39 is 33.3 Å². The van der Waals surface area contributed by atoms with Crippen molar-refractivity contribution in [3.8, 4) is 0 Å². The average Bonchev–Trinajstić information content (AvgIpc) is 2.66. The molecule has 0 N–H and O–H groups in total. The molecule has 9 heteroatoms. The number of benzene rings is 1. The van der Waals surface area contributed by atoms with Gasteiger partial charge in [0.05, 0.1) is 6.04 Å². The molecule has 0 spiro atoms. The maximum atomic E-state index is 13.1. The zero-order valence-electron chi connectivity index (χ0n) is 15.9. The number of rotatable bonds is 4. The molecule has 3 amide bonds. The van der Waals surface area contributed by atoms with Gasteiger partial charge in [0, 0.05) is 46.8 Å². The number of carbonyl (C=O) groups excluding carboxylic acids is 2. The van der Waals surface area contributed by atoms with Gasteiger partial charge in [-0.05, 0) is 12.5 Å². The number of carbonyl (C=O) groups is 2. The molecular formula is C18H26N4O4S. The van der Waals surface area contributed by atoms with E-state index in [1.165, 1.54) is 28.9 Å². The van der Waals surface area contributed by atoms with E-state index in [0.29, 0.717) is 26.2 Å². The molecule has 148 valence electrons. The molecular weight excluding hydrogens is 368 g/mol. The highest BCUT2D eigenvalue weighted by Crippen LogP contribution is 2.24. The summed E-state index contributed by atoms with van der Waals surface area (Å²) in [4.78, 5) is 29.0. The summed E-state index contributed by atoms with van der Waals surface area (Å²) < 4.78 is 27.7. The van der Waals surface area contributed by atoms with Crippen LogP contribution in [-0.4, -0.2) is 90.9 Å². The Kier molecular flexibility index (Phi) is 5.55. The smallest absolute Gasteiger partial charge is 0.323 e. The van der Waals surface area contributed by atoms with Gasteiger partial charge < -0.3 is 4.90 Å². The third-order valence-electron chi connectivity index (χ3n) is 5.47. The molecule has 2 atom stereocenters. The summed E-state index contributed by atoms with van der Waals surface area (Å²) in [7, 11) is -0.997. The molecule has 0 radical (unpaired) electrons. The fraction of sp³-hybridized carbons (Fsp3) is 0.556. The van der Waals surface area contributed by atoms with Crippen LogP contribution in [0, 0.1) is 0 Å².